The standard InChI is InChI=1S/C20H23FN4OS/c1-15-8-10-24(11-9-15)19-22-23-20(25(19)13-17-6-4-12-26-17)27-14-16-5-2-3-7-18(16)21/h2-7,12,15H,8-11,13-14H2,1H3. The van der Waals surface area contributed by atoms with E-state index < -0.39 is 0 Å². The lowest BCUT2D eigenvalue weighted by molar-refractivity contribution is 0.427. The molecule has 0 unspecified atom stereocenters. The number of hydrogen-bond acceptors (Lipinski definition) is 5. The third-order valence-electron chi connectivity index (χ3n) is 4.97. The number of benzene rings is 1. The lowest BCUT2D eigenvalue weighted by atomic mass is 10.00. The van der Waals surface area contributed by atoms with E-state index in [4.69, 9.17) is 4.42 Å². The maximum atomic E-state index is 14.0. The molecule has 3 heterocycles. The number of furan rings is 1. The van der Waals surface area contributed by atoms with Crippen LogP contribution in [0.25, 0.3) is 0 Å². The lowest BCUT2D eigenvalue weighted by Gasteiger charge is -2.31. The monoisotopic (exact) mass is 386 g/mol. The zero-order valence-electron chi connectivity index (χ0n) is 15.3. The molecule has 1 saturated heterocycles. The van der Waals surface area contributed by atoms with Gasteiger partial charge in [-0.25, -0.2) is 4.39 Å². The summed E-state index contributed by atoms with van der Waals surface area (Å²) < 4.78 is 21.6. The smallest absolute Gasteiger partial charge is 0.228 e. The highest BCUT2D eigenvalue weighted by Crippen LogP contribution is 2.29. The zero-order chi connectivity index (χ0) is 18.6. The molecule has 0 radical (unpaired) electrons. The highest BCUT2D eigenvalue weighted by molar-refractivity contribution is 7.98. The second-order valence-electron chi connectivity index (χ2n) is 7.00. The molecule has 27 heavy (non-hydrogen) atoms. The fraction of sp³-hybridized carbons (Fsp3) is 0.400. The van der Waals surface area contributed by atoms with Crippen LogP contribution in [0.4, 0.5) is 10.3 Å². The molecule has 0 N–H and O–H groups in total. The normalized spacial score (nSPS) is 15.4. The summed E-state index contributed by atoms with van der Waals surface area (Å²) in [5.74, 6) is 2.80. The van der Waals surface area contributed by atoms with Gasteiger partial charge in [0, 0.05) is 18.8 Å². The number of anilines is 1. The second kappa shape index (κ2) is 8.17. The number of nitrogens with zero attached hydrogens (tertiary/aromatic N) is 4. The molecule has 0 amide bonds. The van der Waals surface area contributed by atoms with Crippen molar-refractivity contribution in [3.8, 4) is 0 Å². The molecule has 1 fully saturated rings. The van der Waals surface area contributed by atoms with E-state index in [-0.39, 0.29) is 5.82 Å². The molecule has 142 valence electrons. The van der Waals surface area contributed by atoms with Crippen molar-refractivity contribution in [3.05, 3.63) is 59.8 Å². The first kappa shape index (κ1) is 18.1. The maximum Gasteiger partial charge on any atom is 0.228 e. The summed E-state index contributed by atoms with van der Waals surface area (Å²) in [4.78, 5) is 2.29. The highest BCUT2D eigenvalue weighted by atomic mass is 32.2. The number of hydrogen-bond donors (Lipinski definition) is 0. The van der Waals surface area contributed by atoms with Crippen LogP contribution in [-0.4, -0.2) is 27.9 Å². The van der Waals surface area contributed by atoms with Gasteiger partial charge in [0.2, 0.25) is 5.95 Å². The molecule has 0 spiro atoms. The molecule has 1 aromatic carbocycles. The first-order valence-electron chi connectivity index (χ1n) is 9.27. The van der Waals surface area contributed by atoms with Gasteiger partial charge < -0.3 is 9.32 Å². The molecule has 2 aromatic heterocycles. The number of halogens is 1. The summed E-state index contributed by atoms with van der Waals surface area (Å²) in [5.41, 5.74) is 0.670. The molecule has 4 rings (SSSR count). The minimum Gasteiger partial charge on any atom is -0.467 e. The molecule has 0 aliphatic carbocycles. The third-order valence-corrected chi connectivity index (χ3v) is 5.99. The van der Waals surface area contributed by atoms with Crippen LogP contribution in [0.5, 0.6) is 0 Å². The van der Waals surface area contributed by atoms with E-state index in [1.165, 1.54) is 17.8 Å². The predicted molar refractivity (Wildman–Crippen MR) is 104 cm³/mol. The van der Waals surface area contributed by atoms with E-state index in [2.05, 4.69) is 26.6 Å². The van der Waals surface area contributed by atoms with Gasteiger partial charge in [-0.05, 0) is 42.5 Å². The van der Waals surface area contributed by atoms with Gasteiger partial charge in [0.05, 0.1) is 12.8 Å². The summed E-state index contributed by atoms with van der Waals surface area (Å²) in [7, 11) is 0. The summed E-state index contributed by atoms with van der Waals surface area (Å²) in [6.45, 7) is 4.83. The van der Waals surface area contributed by atoms with Gasteiger partial charge in [0.25, 0.3) is 0 Å². The van der Waals surface area contributed by atoms with Crippen LogP contribution < -0.4 is 4.90 Å². The van der Waals surface area contributed by atoms with Gasteiger partial charge >= 0.3 is 0 Å². The van der Waals surface area contributed by atoms with Crippen LogP contribution in [0.3, 0.4) is 0 Å². The predicted octanol–water partition coefficient (Wildman–Crippen LogP) is 4.59. The Kier molecular flexibility index (Phi) is 5.48. The number of piperidine rings is 1. The van der Waals surface area contributed by atoms with E-state index in [0.717, 1.165) is 48.7 Å². The van der Waals surface area contributed by atoms with Crippen molar-refractivity contribution in [1.29, 1.82) is 0 Å². The summed E-state index contributed by atoms with van der Waals surface area (Å²) in [6, 6.07) is 10.7. The molecule has 3 aromatic rings. The quantitative estimate of drug-likeness (QED) is 0.580. The minimum absolute atomic E-state index is 0.188. The third kappa shape index (κ3) is 4.18. The highest BCUT2D eigenvalue weighted by Gasteiger charge is 2.23. The SMILES string of the molecule is CC1CCN(c2nnc(SCc3ccccc3F)n2Cc2ccco2)CC1. The summed E-state index contributed by atoms with van der Waals surface area (Å²) >= 11 is 1.50. The van der Waals surface area contributed by atoms with Crippen molar-refractivity contribution in [3.63, 3.8) is 0 Å². The Labute approximate surface area is 162 Å². The zero-order valence-corrected chi connectivity index (χ0v) is 16.2. The first-order valence-corrected chi connectivity index (χ1v) is 10.3. The van der Waals surface area contributed by atoms with Crippen LogP contribution in [0, 0.1) is 11.7 Å². The Morgan fingerprint density at radius 1 is 1.15 bits per heavy atom. The van der Waals surface area contributed by atoms with Crippen molar-refractivity contribution in [2.75, 3.05) is 18.0 Å². The molecule has 1 aliphatic rings. The summed E-state index contributed by atoms with van der Waals surface area (Å²) in [6.07, 6.45) is 3.99. The average molecular weight is 386 g/mol. The second-order valence-corrected chi connectivity index (χ2v) is 7.94. The fourth-order valence-electron chi connectivity index (χ4n) is 3.28. The Hall–Kier alpha value is -2.28. The van der Waals surface area contributed by atoms with Crippen molar-refractivity contribution in [2.24, 2.45) is 5.92 Å². The van der Waals surface area contributed by atoms with Crippen molar-refractivity contribution in [2.45, 2.75) is 37.2 Å². The van der Waals surface area contributed by atoms with E-state index in [1.54, 1.807) is 12.3 Å². The van der Waals surface area contributed by atoms with Gasteiger partial charge in [0.15, 0.2) is 5.16 Å². The lowest BCUT2D eigenvalue weighted by Crippen LogP contribution is -2.35. The van der Waals surface area contributed by atoms with E-state index in [9.17, 15) is 4.39 Å². The first-order chi connectivity index (χ1) is 13.2. The Bertz CT molecular complexity index is 872. The molecule has 0 atom stereocenters. The summed E-state index contributed by atoms with van der Waals surface area (Å²) in [5, 5.41) is 9.65. The van der Waals surface area contributed by atoms with Crippen LogP contribution in [-0.2, 0) is 12.3 Å². The van der Waals surface area contributed by atoms with E-state index >= 15 is 0 Å². The molecule has 7 heteroatoms. The van der Waals surface area contributed by atoms with Crippen molar-refractivity contribution in [1.82, 2.24) is 14.8 Å². The molecular weight excluding hydrogens is 363 g/mol. The van der Waals surface area contributed by atoms with E-state index in [1.807, 2.05) is 24.3 Å². The van der Waals surface area contributed by atoms with Crippen molar-refractivity contribution >= 4 is 17.7 Å². The molecule has 5 nitrogen and oxygen atoms in total. The molecular formula is C20H23FN4OS. The number of thioether (sulfide) groups is 1. The van der Waals surface area contributed by atoms with Crippen LogP contribution in [0.1, 0.15) is 31.1 Å². The molecule has 0 saturated carbocycles. The topological polar surface area (TPSA) is 47.1 Å². The van der Waals surface area contributed by atoms with Crippen LogP contribution in [0.15, 0.2) is 52.2 Å². The van der Waals surface area contributed by atoms with Gasteiger partial charge in [-0.2, -0.15) is 0 Å². The largest absolute Gasteiger partial charge is 0.467 e. The minimum atomic E-state index is -0.188. The van der Waals surface area contributed by atoms with Crippen LogP contribution in [0.2, 0.25) is 0 Å². The maximum absolute atomic E-state index is 14.0. The van der Waals surface area contributed by atoms with Crippen molar-refractivity contribution < 1.29 is 8.81 Å². The van der Waals surface area contributed by atoms with Gasteiger partial charge in [-0.15, -0.1) is 10.2 Å². The number of aromatic nitrogens is 3. The Morgan fingerprint density at radius 3 is 2.70 bits per heavy atom. The average Bonchev–Trinajstić information content (AvgIpc) is 3.33. The van der Waals surface area contributed by atoms with Crippen LogP contribution >= 0.6 is 11.8 Å². The van der Waals surface area contributed by atoms with Gasteiger partial charge in [0.1, 0.15) is 11.6 Å². The van der Waals surface area contributed by atoms with E-state index in [0.29, 0.717) is 17.9 Å². The molecule has 0 bridgehead atoms. The Morgan fingerprint density at radius 2 is 1.96 bits per heavy atom. The fourth-order valence-corrected chi connectivity index (χ4v) is 4.20. The molecule has 1 aliphatic heterocycles. The van der Waals surface area contributed by atoms with Gasteiger partial charge in [-0.3, -0.25) is 4.57 Å². The Balaban J connectivity index is 1.57. The number of rotatable bonds is 6. The van der Waals surface area contributed by atoms with Gasteiger partial charge in [-0.1, -0.05) is 36.9 Å².